The van der Waals surface area contributed by atoms with Gasteiger partial charge in [0.05, 0.1) is 32.3 Å². The highest BCUT2D eigenvalue weighted by molar-refractivity contribution is 7.99. The van der Waals surface area contributed by atoms with Crippen LogP contribution in [0.2, 0.25) is 0 Å². The molecule has 1 aromatic carbocycles. The van der Waals surface area contributed by atoms with Gasteiger partial charge in [-0.15, -0.1) is 11.8 Å². The SMILES string of the molecule is CCOC(=O)CC(O)CSc1ccc2c(c1)OCCCO2. The second-order valence-corrected chi connectivity index (χ2v) is 5.73. The molecule has 1 atom stereocenters. The van der Waals surface area contributed by atoms with Crippen molar-refractivity contribution in [3.05, 3.63) is 18.2 Å². The Morgan fingerprint density at radius 3 is 2.90 bits per heavy atom. The number of hydrogen-bond donors (Lipinski definition) is 1. The molecule has 0 aliphatic carbocycles. The molecular formula is C15H20O5S. The summed E-state index contributed by atoms with van der Waals surface area (Å²) in [7, 11) is 0. The lowest BCUT2D eigenvalue weighted by Gasteiger charge is -2.11. The molecule has 0 aromatic heterocycles. The van der Waals surface area contributed by atoms with E-state index in [1.165, 1.54) is 11.8 Å². The highest BCUT2D eigenvalue weighted by Gasteiger charge is 2.14. The van der Waals surface area contributed by atoms with Crippen molar-refractivity contribution in [3.8, 4) is 11.5 Å². The predicted octanol–water partition coefficient (Wildman–Crippen LogP) is 2.25. The average molecular weight is 312 g/mol. The lowest BCUT2D eigenvalue weighted by atomic mass is 10.3. The minimum atomic E-state index is -0.718. The quantitative estimate of drug-likeness (QED) is 0.642. The first-order chi connectivity index (χ1) is 10.2. The van der Waals surface area contributed by atoms with Gasteiger partial charge in [-0.25, -0.2) is 0 Å². The fourth-order valence-electron chi connectivity index (χ4n) is 1.90. The summed E-state index contributed by atoms with van der Waals surface area (Å²) in [6.45, 7) is 3.39. The summed E-state index contributed by atoms with van der Waals surface area (Å²) in [5, 5.41) is 9.81. The molecule has 0 saturated carbocycles. The van der Waals surface area contributed by atoms with Crippen molar-refractivity contribution in [2.75, 3.05) is 25.6 Å². The van der Waals surface area contributed by atoms with Crippen molar-refractivity contribution in [3.63, 3.8) is 0 Å². The van der Waals surface area contributed by atoms with Gasteiger partial charge in [-0.1, -0.05) is 0 Å². The van der Waals surface area contributed by atoms with E-state index in [1.807, 2.05) is 18.2 Å². The van der Waals surface area contributed by atoms with E-state index in [1.54, 1.807) is 6.92 Å². The molecule has 0 radical (unpaired) electrons. The Morgan fingerprint density at radius 1 is 1.38 bits per heavy atom. The number of thioether (sulfide) groups is 1. The van der Waals surface area contributed by atoms with E-state index in [0.29, 0.717) is 25.6 Å². The number of esters is 1. The van der Waals surface area contributed by atoms with Crippen LogP contribution in [-0.2, 0) is 9.53 Å². The van der Waals surface area contributed by atoms with Crippen LogP contribution < -0.4 is 9.47 Å². The second kappa shape index (κ2) is 8.14. The van der Waals surface area contributed by atoms with Gasteiger partial charge >= 0.3 is 5.97 Å². The molecule has 1 heterocycles. The van der Waals surface area contributed by atoms with Crippen LogP contribution in [0.4, 0.5) is 0 Å². The maximum Gasteiger partial charge on any atom is 0.308 e. The summed E-state index contributed by atoms with van der Waals surface area (Å²) in [5.74, 6) is 1.55. The van der Waals surface area contributed by atoms with Crippen molar-refractivity contribution in [1.82, 2.24) is 0 Å². The van der Waals surface area contributed by atoms with Crippen molar-refractivity contribution >= 4 is 17.7 Å². The number of benzene rings is 1. The Kier molecular flexibility index (Phi) is 6.20. The molecule has 0 bridgehead atoms. The second-order valence-electron chi connectivity index (χ2n) is 4.63. The molecular weight excluding hydrogens is 292 g/mol. The molecule has 1 aliphatic heterocycles. The summed E-state index contributed by atoms with van der Waals surface area (Å²) in [4.78, 5) is 12.2. The van der Waals surface area contributed by atoms with Crippen LogP contribution >= 0.6 is 11.8 Å². The van der Waals surface area contributed by atoms with Crippen molar-refractivity contribution < 1.29 is 24.1 Å². The topological polar surface area (TPSA) is 65.0 Å². The van der Waals surface area contributed by atoms with Gasteiger partial charge < -0.3 is 19.3 Å². The third-order valence-corrected chi connectivity index (χ3v) is 4.01. The number of rotatable bonds is 6. The van der Waals surface area contributed by atoms with Crippen molar-refractivity contribution in [2.24, 2.45) is 0 Å². The maximum atomic E-state index is 11.3. The molecule has 2 rings (SSSR count). The highest BCUT2D eigenvalue weighted by atomic mass is 32.2. The number of aliphatic hydroxyl groups is 1. The maximum absolute atomic E-state index is 11.3. The van der Waals surface area contributed by atoms with Crippen LogP contribution in [0.3, 0.4) is 0 Å². The van der Waals surface area contributed by atoms with Gasteiger partial charge in [0.15, 0.2) is 11.5 Å². The van der Waals surface area contributed by atoms with Gasteiger partial charge in [0, 0.05) is 17.1 Å². The standard InChI is InChI=1S/C15H20O5S/c1-2-18-15(17)8-11(16)10-21-12-4-5-13-14(9-12)20-7-3-6-19-13/h4-5,9,11,16H,2-3,6-8,10H2,1H3. The number of ether oxygens (including phenoxy) is 3. The minimum Gasteiger partial charge on any atom is -0.490 e. The first-order valence-corrected chi connectivity index (χ1v) is 8.03. The van der Waals surface area contributed by atoms with Crippen molar-refractivity contribution in [2.45, 2.75) is 30.8 Å². The van der Waals surface area contributed by atoms with E-state index in [2.05, 4.69) is 0 Å². The van der Waals surface area contributed by atoms with Gasteiger partial charge in [-0.05, 0) is 25.1 Å². The van der Waals surface area contributed by atoms with E-state index in [9.17, 15) is 9.90 Å². The molecule has 21 heavy (non-hydrogen) atoms. The summed E-state index contributed by atoms with van der Waals surface area (Å²) in [6.07, 6.45) is 0.172. The van der Waals surface area contributed by atoms with Gasteiger partial charge in [0.1, 0.15) is 0 Å². The number of carbonyl (C=O) groups is 1. The zero-order valence-electron chi connectivity index (χ0n) is 12.0. The first-order valence-electron chi connectivity index (χ1n) is 7.05. The van der Waals surface area contributed by atoms with E-state index in [-0.39, 0.29) is 12.4 Å². The summed E-state index contributed by atoms with van der Waals surface area (Å²) in [5.41, 5.74) is 0. The molecule has 0 saturated heterocycles. The normalized spacial score (nSPS) is 15.1. The van der Waals surface area contributed by atoms with Crippen LogP contribution in [0.25, 0.3) is 0 Å². The van der Waals surface area contributed by atoms with Gasteiger partial charge in [-0.2, -0.15) is 0 Å². The molecule has 1 aliphatic rings. The monoisotopic (exact) mass is 312 g/mol. The third kappa shape index (κ3) is 5.13. The summed E-state index contributed by atoms with van der Waals surface area (Å²) >= 11 is 1.47. The van der Waals surface area contributed by atoms with Gasteiger partial charge in [-0.3, -0.25) is 4.79 Å². The molecule has 0 spiro atoms. The molecule has 5 nitrogen and oxygen atoms in total. The Hall–Kier alpha value is -1.40. The number of aliphatic hydroxyl groups excluding tert-OH is 1. The zero-order valence-corrected chi connectivity index (χ0v) is 12.9. The number of carbonyl (C=O) groups excluding carboxylic acids is 1. The van der Waals surface area contributed by atoms with E-state index in [0.717, 1.165) is 22.8 Å². The lowest BCUT2D eigenvalue weighted by Crippen LogP contribution is -2.17. The van der Waals surface area contributed by atoms with Crippen LogP contribution in [0.15, 0.2) is 23.1 Å². The largest absolute Gasteiger partial charge is 0.490 e. The molecule has 1 N–H and O–H groups in total. The Labute approximate surface area is 128 Å². The van der Waals surface area contributed by atoms with Crippen LogP contribution in [0.1, 0.15) is 19.8 Å². The molecule has 0 amide bonds. The number of fused-ring (bicyclic) bond motifs is 1. The fraction of sp³-hybridized carbons (Fsp3) is 0.533. The van der Waals surface area contributed by atoms with Gasteiger partial charge in [0.2, 0.25) is 0 Å². The summed E-state index contributed by atoms with van der Waals surface area (Å²) in [6, 6.07) is 5.71. The zero-order chi connectivity index (χ0) is 15.1. The predicted molar refractivity (Wildman–Crippen MR) is 80.0 cm³/mol. The molecule has 0 fully saturated rings. The Morgan fingerprint density at radius 2 is 2.14 bits per heavy atom. The van der Waals surface area contributed by atoms with E-state index >= 15 is 0 Å². The van der Waals surface area contributed by atoms with Crippen LogP contribution in [-0.4, -0.2) is 42.8 Å². The Bertz CT molecular complexity index is 477. The van der Waals surface area contributed by atoms with E-state index < -0.39 is 6.10 Å². The first kappa shape index (κ1) is 16.0. The third-order valence-electron chi connectivity index (χ3n) is 2.87. The Balaban J connectivity index is 1.85. The highest BCUT2D eigenvalue weighted by Crippen LogP contribution is 2.34. The van der Waals surface area contributed by atoms with Crippen molar-refractivity contribution in [1.29, 1.82) is 0 Å². The van der Waals surface area contributed by atoms with Crippen LogP contribution in [0, 0.1) is 0 Å². The molecule has 6 heteroatoms. The molecule has 116 valence electrons. The van der Waals surface area contributed by atoms with Gasteiger partial charge in [0.25, 0.3) is 0 Å². The lowest BCUT2D eigenvalue weighted by molar-refractivity contribution is -0.144. The summed E-state index contributed by atoms with van der Waals surface area (Å²) < 4.78 is 16.0. The molecule has 1 aromatic rings. The fourth-order valence-corrected chi connectivity index (χ4v) is 2.75. The van der Waals surface area contributed by atoms with Crippen LogP contribution in [0.5, 0.6) is 11.5 Å². The molecule has 1 unspecified atom stereocenters. The smallest absolute Gasteiger partial charge is 0.308 e. The minimum absolute atomic E-state index is 0.0192. The number of hydrogen-bond acceptors (Lipinski definition) is 6. The average Bonchev–Trinajstić information content (AvgIpc) is 2.70. The van der Waals surface area contributed by atoms with E-state index in [4.69, 9.17) is 14.2 Å².